The molecule has 1 aliphatic heterocycles. The summed E-state index contributed by atoms with van der Waals surface area (Å²) >= 11 is 0. The zero-order valence-corrected chi connectivity index (χ0v) is 10.1. The predicted octanol–water partition coefficient (Wildman–Crippen LogP) is 0.887. The number of nitrogens with one attached hydrogen (secondary N) is 1. The molecular formula is C11H23NO3. The molecule has 0 bridgehead atoms. The SMILES string of the molecule is CCC1OC(OC)CC(CC)(NC)C1O. The first-order valence-corrected chi connectivity index (χ1v) is 5.68. The summed E-state index contributed by atoms with van der Waals surface area (Å²) in [5, 5.41) is 13.5. The number of rotatable bonds is 4. The Morgan fingerprint density at radius 2 is 2.20 bits per heavy atom. The average Bonchev–Trinajstić information content (AvgIpc) is 2.30. The summed E-state index contributed by atoms with van der Waals surface area (Å²) in [5.74, 6) is 0. The van der Waals surface area contributed by atoms with E-state index in [0.717, 1.165) is 12.8 Å². The molecule has 1 fully saturated rings. The molecule has 2 N–H and O–H groups in total. The van der Waals surface area contributed by atoms with Gasteiger partial charge in [-0.15, -0.1) is 0 Å². The van der Waals surface area contributed by atoms with E-state index >= 15 is 0 Å². The van der Waals surface area contributed by atoms with Crippen LogP contribution < -0.4 is 5.32 Å². The summed E-state index contributed by atoms with van der Waals surface area (Å²) in [4.78, 5) is 0. The molecule has 1 saturated heterocycles. The number of methoxy groups -OCH3 is 1. The van der Waals surface area contributed by atoms with Crippen molar-refractivity contribution in [3.8, 4) is 0 Å². The van der Waals surface area contributed by atoms with E-state index in [4.69, 9.17) is 9.47 Å². The van der Waals surface area contributed by atoms with Crippen molar-refractivity contribution in [2.24, 2.45) is 0 Å². The van der Waals surface area contributed by atoms with Gasteiger partial charge in [0.05, 0.1) is 17.7 Å². The van der Waals surface area contributed by atoms with E-state index in [1.54, 1.807) is 7.11 Å². The standard InChI is InChI=1S/C11H23NO3/c1-5-8-10(13)11(6-2,12-3)7-9(14-4)15-8/h8-10,12-13H,5-7H2,1-4H3. The van der Waals surface area contributed by atoms with Gasteiger partial charge in [0, 0.05) is 13.5 Å². The molecule has 0 saturated carbocycles. The Morgan fingerprint density at radius 1 is 1.53 bits per heavy atom. The second kappa shape index (κ2) is 5.25. The molecule has 0 aromatic carbocycles. The molecule has 0 aromatic rings. The van der Waals surface area contributed by atoms with Gasteiger partial charge in [-0.25, -0.2) is 0 Å². The normalized spacial score (nSPS) is 41.8. The van der Waals surface area contributed by atoms with E-state index in [9.17, 15) is 5.11 Å². The number of aliphatic hydroxyl groups is 1. The molecule has 1 heterocycles. The highest BCUT2D eigenvalue weighted by atomic mass is 16.7. The summed E-state index contributed by atoms with van der Waals surface area (Å²) in [6.45, 7) is 4.09. The Kier molecular flexibility index (Phi) is 4.52. The average molecular weight is 217 g/mol. The Labute approximate surface area is 92.0 Å². The number of aliphatic hydroxyl groups excluding tert-OH is 1. The molecule has 0 aliphatic carbocycles. The highest BCUT2D eigenvalue weighted by Gasteiger charge is 2.46. The second-order valence-electron chi connectivity index (χ2n) is 4.16. The molecule has 1 aliphatic rings. The largest absolute Gasteiger partial charge is 0.388 e. The first kappa shape index (κ1) is 12.9. The zero-order chi connectivity index (χ0) is 11.5. The van der Waals surface area contributed by atoms with Gasteiger partial charge in [0.1, 0.15) is 0 Å². The Bertz CT molecular complexity index is 194. The lowest BCUT2D eigenvalue weighted by Crippen LogP contribution is -2.63. The molecule has 0 amide bonds. The van der Waals surface area contributed by atoms with Crippen LogP contribution >= 0.6 is 0 Å². The molecule has 4 heteroatoms. The van der Waals surface area contributed by atoms with E-state index in [1.807, 2.05) is 14.0 Å². The Morgan fingerprint density at radius 3 is 2.60 bits per heavy atom. The summed E-state index contributed by atoms with van der Waals surface area (Å²) in [6.07, 6.45) is 1.52. The fourth-order valence-electron chi connectivity index (χ4n) is 2.33. The van der Waals surface area contributed by atoms with Gasteiger partial charge < -0.3 is 19.9 Å². The third-order valence-electron chi connectivity index (χ3n) is 3.57. The van der Waals surface area contributed by atoms with Crippen molar-refractivity contribution in [2.75, 3.05) is 14.2 Å². The lowest BCUT2D eigenvalue weighted by atomic mass is 9.80. The molecule has 0 aromatic heterocycles. The summed E-state index contributed by atoms with van der Waals surface area (Å²) < 4.78 is 10.9. The van der Waals surface area contributed by atoms with Crippen molar-refractivity contribution in [2.45, 2.75) is 57.1 Å². The van der Waals surface area contributed by atoms with Crippen LogP contribution in [0.2, 0.25) is 0 Å². The maximum Gasteiger partial charge on any atom is 0.159 e. The van der Waals surface area contributed by atoms with Gasteiger partial charge in [-0.3, -0.25) is 0 Å². The molecule has 4 unspecified atom stereocenters. The van der Waals surface area contributed by atoms with Crippen molar-refractivity contribution in [3.63, 3.8) is 0 Å². The van der Waals surface area contributed by atoms with Crippen LogP contribution in [0.4, 0.5) is 0 Å². The molecular weight excluding hydrogens is 194 g/mol. The van der Waals surface area contributed by atoms with Crippen LogP contribution in [0.3, 0.4) is 0 Å². The van der Waals surface area contributed by atoms with Crippen LogP contribution in [0.1, 0.15) is 33.1 Å². The van der Waals surface area contributed by atoms with Gasteiger partial charge in [0.25, 0.3) is 0 Å². The van der Waals surface area contributed by atoms with Gasteiger partial charge >= 0.3 is 0 Å². The van der Waals surface area contributed by atoms with Crippen LogP contribution in [0.5, 0.6) is 0 Å². The van der Waals surface area contributed by atoms with Crippen molar-refractivity contribution >= 4 is 0 Å². The topological polar surface area (TPSA) is 50.7 Å². The van der Waals surface area contributed by atoms with Crippen LogP contribution in [0, 0.1) is 0 Å². The third kappa shape index (κ3) is 2.33. The fourth-order valence-corrected chi connectivity index (χ4v) is 2.33. The summed E-state index contributed by atoms with van der Waals surface area (Å²) in [7, 11) is 3.53. The number of hydrogen-bond donors (Lipinski definition) is 2. The smallest absolute Gasteiger partial charge is 0.159 e. The second-order valence-corrected chi connectivity index (χ2v) is 4.16. The first-order valence-electron chi connectivity index (χ1n) is 5.68. The van der Waals surface area contributed by atoms with Gasteiger partial charge in [0.2, 0.25) is 0 Å². The predicted molar refractivity (Wildman–Crippen MR) is 58.7 cm³/mol. The van der Waals surface area contributed by atoms with Crippen LogP contribution in [-0.4, -0.2) is 43.3 Å². The first-order chi connectivity index (χ1) is 7.13. The Hall–Kier alpha value is -0.160. The summed E-state index contributed by atoms with van der Waals surface area (Å²) in [6, 6.07) is 0. The number of hydrogen-bond acceptors (Lipinski definition) is 4. The molecule has 1 rings (SSSR count). The molecule has 15 heavy (non-hydrogen) atoms. The van der Waals surface area contributed by atoms with Gasteiger partial charge in [-0.05, 0) is 19.9 Å². The van der Waals surface area contributed by atoms with Crippen molar-refractivity contribution in [3.05, 3.63) is 0 Å². The highest BCUT2D eigenvalue weighted by Crippen LogP contribution is 2.33. The van der Waals surface area contributed by atoms with Crippen LogP contribution in [-0.2, 0) is 9.47 Å². The van der Waals surface area contributed by atoms with Gasteiger partial charge in [-0.2, -0.15) is 0 Å². The quantitative estimate of drug-likeness (QED) is 0.734. The number of ether oxygens (including phenoxy) is 2. The molecule has 4 atom stereocenters. The number of likely N-dealkylation sites (N-methyl/N-ethyl adjacent to an activating group) is 1. The lowest BCUT2D eigenvalue weighted by molar-refractivity contribution is -0.240. The van der Waals surface area contributed by atoms with E-state index in [-0.39, 0.29) is 17.9 Å². The molecule has 90 valence electrons. The molecule has 0 spiro atoms. The van der Waals surface area contributed by atoms with Crippen molar-refractivity contribution < 1.29 is 14.6 Å². The minimum Gasteiger partial charge on any atom is -0.388 e. The van der Waals surface area contributed by atoms with Gasteiger partial charge in [0.15, 0.2) is 6.29 Å². The minimum absolute atomic E-state index is 0.142. The molecule has 4 nitrogen and oxygen atoms in total. The van der Waals surface area contributed by atoms with E-state index < -0.39 is 6.10 Å². The maximum absolute atomic E-state index is 10.2. The minimum atomic E-state index is -0.469. The monoisotopic (exact) mass is 217 g/mol. The summed E-state index contributed by atoms with van der Waals surface area (Å²) in [5.41, 5.74) is -0.278. The maximum atomic E-state index is 10.2. The van der Waals surface area contributed by atoms with E-state index in [1.165, 1.54) is 0 Å². The van der Waals surface area contributed by atoms with Crippen LogP contribution in [0.25, 0.3) is 0 Å². The van der Waals surface area contributed by atoms with Gasteiger partial charge in [-0.1, -0.05) is 13.8 Å². The van der Waals surface area contributed by atoms with Crippen molar-refractivity contribution in [1.29, 1.82) is 0 Å². The van der Waals surface area contributed by atoms with Crippen LogP contribution in [0.15, 0.2) is 0 Å². The zero-order valence-electron chi connectivity index (χ0n) is 10.1. The van der Waals surface area contributed by atoms with E-state index in [2.05, 4.69) is 12.2 Å². The fraction of sp³-hybridized carbons (Fsp3) is 1.00. The lowest BCUT2D eigenvalue weighted by Gasteiger charge is -2.47. The molecule has 0 radical (unpaired) electrons. The highest BCUT2D eigenvalue weighted by molar-refractivity contribution is 5.00. The van der Waals surface area contributed by atoms with Crippen molar-refractivity contribution in [1.82, 2.24) is 5.32 Å². The Balaban J connectivity index is 2.84. The van der Waals surface area contributed by atoms with E-state index in [0.29, 0.717) is 6.42 Å². The third-order valence-corrected chi connectivity index (χ3v) is 3.57.